The Kier molecular flexibility index (Phi) is 3.42. The Balaban J connectivity index is 1.48. The van der Waals surface area contributed by atoms with E-state index in [9.17, 15) is 5.11 Å². The van der Waals surface area contributed by atoms with Gasteiger partial charge in [-0.05, 0) is 56.3 Å². The first kappa shape index (κ1) is 11.9. The predicted molar refractivity (Wildman–Crippen MR) is 68.6 cm³/mol. The minimum absolute atomic E-state index is 0.0481. The summed E-state index contributed by atoms with van der Waals surface area (Å²) in [5, 5.41) is 10.0. The molecular formula is C14H26N2O. The van der Waals surface area contributed by atoms with Crippen molar-refractivity contribution in [2.45, 2.75) is 50.7 Å². The van der Waals surface area contributed by atoms with Gasteiger partial charge in [-0.25, -0.2) is 0 Å². The van der Waals surface area contributed by atoms with Gasteiger partial charge < -0.3 is 15.7 Å². The summed E-state index contributed by atoms with van der Waals surface area (Å²) in [7, 11) is 0. The summed E-state index contributed by atoms with van der Waals surface area (Å²) in [6.07, 6.45) is 7.37. The molecule has 1 saturated heterocycles. The van der Waals surface area contributed by atoms with E-state index < -0.39 is 0 Å². The van der Waals surface area contributed by atoms with Gasteiger partial charge in [-0.1, -0.05) is 0 Å². The molecule has 0 aromatic carbocycles. The first-order valence-corrected chi connectivity index (χ1v) is 7.36. The van der Waals surface area contributed by atoms with E-state index >= 15 is 0 Å². The molecule has 0 aromatic rings. The van der Waals surface area contributed by atoms with Crippen molar-refractivity contribution in [2.24, 2.45) is 23.5 Å². The lowest BCUT2D eigenvalue weighted by Crippen LogP contribution is -2.48. The number of rotatable bonds is 5. The molecule has 1 aliphatic heterocycles. The highest BCUT2D eigenvalue weighted by molar-refractivity contribution is 4.89. The SMILES string of the molecule is NC1CC(CC(O)C2CC2)CN(CC2CC2)C1. The fraction of sp³-hybridized carbons (Fsp3) is 1.00. The van der Waals surface area contributed by atoms with E-state index in [1.807, 2.05) is 0 Å². The van der Waals surface area contributed by atoms with Gasteiger partial charge in [0.15, 0.2) is 0 Å². The molecule has 1 heterocycles. The van der Waals surface area contributed by atoms with Crippen LogP contribution in [0.25, 0.3) is 0 Å². The minimum Gasteiger partial charge on any atom is -0.393 e. The average Bonchev–Trinajstić information content (AvgIpc) is 3.12. The second-order valence-corrected chi connectivity index (χ2v) is 6.66. The van der Waals surface area contributed by atoms with Gasteiger partial charge >= 0.3 is 0 Å². The third kappa shape index (κ3) is 3.43. The lowest BCUT2D eigenvalue weighted by atomic mass is 9.88. The first-order chi connectivity index (χ1) is 8.20. The first-order valence-electron chi connectivity index (χ1n) is 7.36. The summed E-state index contributed by atoms with van der Waals surface area (Å²) < 4.78 is 0. The Morgan fingerprint density at radius 2 is 1.88 bits per heavy atom. The predicted octanol–water partition coefficient (Wildman–Crippen LogP) is 1.21. The Labute approximate surface area is 104 Å². The Morgan fingerprint density at radius 1 is 1.12 bits per heavy atom. The maximum Gasteiger partial charge on any atom is 0.0571 e. The molecule has 3 rings (SSSR count). The second-order valence-electron chi connectivity index (χ2n) is 6.66. The zero-order valence-corrected chi connectivity index (χ0v) is 10.7. The molecule has 3 N–H and O–H groups in total. The largest absolute Gasteiger partial charge is 0.393 e. The number of nitrogens with two attached hydrogens (primary N) is 1. The number of likely N-dealkylation sites (tertiary alicyclic amines) is 1. The molecule has 2 aliphatic carbocycles. The maximum absolute atomic E-state index is 10.0. The van der Waals surface area contributed by atoms with Gasteiger partial charge in [-0.2, -0.15) is 0 Å². The topological polar surface area (TPSA) is 49.5 Å². The maximum atomic E-state index is 10.0. The van der Waals surface area contributed by atoms with Crippen LogP contribution in [-0.2, 0) is 0 Å². The molecule has 98 valence electrons. The van der Waals surface area contributed by atoms with E-state index in [2.05, 4.69) is 4.90 Å². The fourth-order valence-corrected chi connectivity index (χ4v) is 3.35. The van der Waals surface area contributed by atoms with Crippen LogP contribution in [0.15, 0.2) is 0 Å². The molecule has 3 nitrogen and oxygen atoms in total. The van der Waals surface area contributed by atoms with Crippen LogP contribution in [0.4, 0.5) is 0 Å². The van der Waals surface area contributed by atoms with Gasteiger partial charge in [-0.3, -0.25) is 0 Å². The van der Waals surface area contributed by atoms with E-state index in [1.54, 1.807) is 0 Å². The van der Waals surface area contributed by atoms with Crippen molar-refractivity contribution in [3.05, 3.63) is 0 Å². The highest BCUT2D eigenvalue weighted by Crippen LogP contribution is 2.37. The highest BCUT2D eigenvalue weighted by atomic mass is 16.3. The molecule has 3 aliphatic rings. The number of aliphatic hydroxyl groups is 1. The zero-order valence-electron chi connectivity index (χ0n) is 10.7. The van der Waals surface area contributed by atoms with Crippen molar-refractivity contribution in [2.75, 3.05) is 19.6 Å². The van der Waals surface area contributed by atoms with E-state index in [1.165, 1.54) is 38.8 Å². The molecule has 3 fully saturated rings. The molecule has 0 spiro atoms. The fourth-order valence-electron chi connectivity index (χ4n) is 3.35. The molecule has 17 heavy (non-hydrogen) atoms. The Morgan fingerprint density at radius 3 is 2.53 bits per heavy atom. The van der Waals surface area contributed by atoms with E-state index in [0.29, 0.717) is 17.9 Å². The van der Waals surface area contributed by atoms with Crippen LogP contribution in [0.1, 0.15) is 38.5 Å². The summed E-state index contributed by atoms with van der Waals surface area (Å²) in [5.41, 5.74) is 6.16. The van der Waals surface area contributed by atoms with E-state index in [-0.39, 0.29) is 6.10 Å². The third-order valence-corrected chi connectivity index (χ3v) is 4.60. The molecule has 0 radical (unpaired) electrons. The monoisotopic (exact) mass is 238 g/mol. The van der Waals surface area contributed by atoms with Gasteiger partial charge in [0.1, 0.15) is 0 Å². The normalized spacial score (nSPS) is 37.1. The Hall–Kier alpha value is -0.120. The number of hydrogen-bond donors (Lipinski definition) is 2. The molecule has 3 heteroatoms. The highest BCUT2D eigenvalue weighted by Gasteiger charge is 2.35. The van der Waals surface area contributed by atoms with Gasteiger partial charge in [0.25, 0.3) is 0 Å². The van der Waals surface area contributed by atoms with Crippen LogP contribution in [-0.4, -0.2) is 41.8 Å². The smallest absolute Gasteiger partial charge is 0.0571 e. The van der Waals surface area contributed by atoms with Crippen LogP contribution in [0.2, 0.25) is 0 Å². The van der Waals surface area contributed by atoms with Crippen LogP contribution in [0, 0.1) is 17.8 Å². The van der Waals surface area contributed by atoms with Crippen LogP contribution in [0.5, 0.6) is 0 Å². The quantitative estimate of drug-likeness (QED) is 0.757. The molecule has 3 atom stereocenters. The summed E-state index contributed by atoms with van der Waals surface area (Å²) in [6, 6.07) is 0.332. The summed E-state index contributed by atoms with van der Waals surface area (Å²) >= 11 is 0. The summed E-state index contributed by atoms with van der Waals surface area (Å²) in [6.45, 7) is 3.50. The number of aliphatic hydroxyl groups excluding tert-OH is 1. The third-order valence-electron chi connectivity index (χ3n) is 4.60. The Bertz CT molecular complexity index is 261. The minimum atomic E-state index is -0.0481. The average molecular weight is 238 g/mol. The standard InChI is InChI=1S/C14H26N2O/c15-13-5-11(6-14(17)12-3-4-12)8-16(9-13)7-10-1-2-10/h10-14,17H,1-9,15H2. The van der Waals surface area contributed by atoms with Gasteiger partial charge in [0.2, 0.25) is 0 Å². The van der Waals surface area contributed by atoms with Crippen molar-refractivity contribution in [3.63, 3.8) is 0 Å². The van der Waals surface area contributed by atoms with Gasteiger partial charge in [-0.15, -0.1) is 0 Å². The number of nitrogens with zero attached hydrogens (tertiary/aromatic N) is 1. The molecular weight excluding hydrogens is 212 g/mol. The van der Waals surface area contributed by atoms with Crippen molar-refractivity contribution < 1.29 is 5.11 Å². The van der Waals surface area contributed by atoms with Gasteiger partial charge in [0, 0.05) is 25.7 Å². The molecule has 0 amide bonds. The van der Waals surface area contributed by atoms with Crippen LogP contribution < -0.4 is 5.73 Å². The van der Waals surface area contributed by atoms with Crippen molar-refractivity contribution in [1.29, 1.82) is 0 Å². The molecule has 3 unspecified atom stereocenters. The van der Waals surface area contributed by atoms with Crippen molar-refractivity contribution >= 4 is 0 Å². The van der Waals surface area contributed by atoms with Crippen LogP contribution >= 0.6 is 0 Å². The van der Waals surface area contributed by atoms with Crippen molar-refractivity contribution in [1.82, 2.24) is 4.90 Å². The summed E-state index contributed by atoms with van der Waals surface area (Å²) in [4.78, 5) is 2.55. The number of piperidine rings is 1. The molecule has 0 aromatic heterocycles. The second kappa shape index (κ2) is 4.87. The van der Waals surface area contributed by atoms with E-state index in [0.717, 1.165) is 25.3 Å². The number of hydrogen-bond acceptors (Lipinski definition) is 3. The van der Waals surface area contributed by atoms with E-state index in [4.69, 9.17) is 5.73 Å². The summed E-state index contributed by atoms with van der Waals surface area (Å²) in [5.74, 6) is 2.20. The lowest BCUT2D eigenvalue weighted by molar-refractivity contribution is 0.0790. The van der Waals surface area contributed by atoms with Gasteiger partial charge in [0.05, 0.1) is 6.10 Å². The van der Waals surface area contributed by atoms with Crippen LogP contribution in [0.3, 0.4) is 0 Å². The molecule has 0 bridgehead atoms. The zero-order chi connectivity index (χ0) is 11.8. The van der Waals surface area contributed by atoms with Crippen molar-refractivity contribution in [3.8, 4) is 0 Å². The lowest BCUT2D eigenvalue weighted by Gasteiger charge is -2.37. The molecule has 2 saturated carbocycles.